The van der Waals surface area contributed by atoms with Crippen LogP contribution < -0.4 is 5.32 Å². The van der Waals surface area contributed by atoms with Crippen molar-refractivity contribution in [2.24, 2.45) is 0 Å². The zero-order chi connectivity index (χ0) is 16.1. The van der Waals surface area contributed by atoms with Crippen LogP contribution in [0.1, 0.15) is 16.8 Å². The minimum atomic E-state index is -1.08. The largest absolute Gasteiger partial charge is 0.507 e. The number of phenolic OH excluding ortho intramolecular Hbond substituents is 1. The molecule has 2 aromatic rings. The highest BCUT2D eigenvalue weighted by Crippen LogP contribution is 2.27. The number of thioether (sulfide) groups is 1. The number of benzene rings is 2. The van der Waals surface area contributed by atoms with Crippen molar-refractivity contribution >= 4 is 34.4 Å². The van der Waals surface area contributed by atoms with Crippen LogP contribution in [0, 0.1) is 0 Å². The summed E-state index contributed by atoms with van der Waals surface area (Å²) in [6.45, 7) is 0. The van der Waals surface area contributed by atoms with Crippen molar-refractivity contribution in [3.63, 3.8) is 0 Å². The Morgan fingerprint density at radius 3 is 2.64 bits per heavy atom. The monoisotopic (exact) mass is 319 g/mol. The highest BCUT2D eigenvalue weighted by Gasteiger charge is 2.23. The Morgan fingerprint density at radius 2 is 1.95 bits per heavy atom. The number of hydrogen-bond donors (Lipinski definition) is 3. The molecule has 1 amide bonds. The first-order valence-corrected chi connectivity index (χ1v) is 8.17. The lowest BCUT2D eigenvalue weighted by Gasteiger charge is -2.15. The Bertz CT molecular complexity index is 702. The number of aromatic hydroxyl groups is 1. The van der Waals surface area contributed by atoms with E-state index in [4.69, 9.17) is 0 Å². The van der Waals surface area contributed by atoms with Gasteiger partial charge < -0.3 is 15.5 Å². The van der Waals surface area contributed by atoms with E-state index in [1.807, 2.05) is 18.4 Å². The first-order chi connectivity index (χ1) is 10.5. The van der Waals surface area contributed by atoms with E-state index in [0.29, 0.717) is 17.6 Å². The summed E-state index contributed by atoms with van der Waals surface area (Å²) in [7, 11) is 0. The number of rotatable bonds is 6. The molecular formula is C16H17NO4S. The average molecular weight is 319 g/mol. The fourth-order valence-electron chi connectivity index (χ4n) is 2.22. The number of carboxylic acids is 1. The van der Waals surface area contributed by atoms with Crippen molar-refractivity contribution in [3.8, 4) is 5.75 Å². The number of aliphatic carboxylic acids is 1. The van der Waals surface area contributed by atoms with E-state index >= 15 is 0 Å². The van der Waals surface area contributed by atoms with Crippen LogP contribution in [0.5, 0.6) is 5.75 Å². The summed E-state index contributed by atoms with van der Waals surface area (Å²) in [5.41, 5.74) is 0.105. The molecule has 0 unspecified atom stereocenters. The Morgan fingerprint density at radius 1 is 1.23 bits per heavy atom. The summed E-state index contributed by atoms with van der Waals surface area (Å²) in [4.78, 5) is 23.7. The minimum absolute atomic E-state index is 0.105. The molecule has 0 spiro atoms. The summed E-state index contributed by atoms with van der Waals surface area (Å²) >= 11 is 1.51. The molecule has 2 aromatic carbocycles. The SMILES string of the molecule is CSCC[C@H](NC(=O)c1c(O)ccc2ccccc12)C(=O)O. The second-order valence-electron chi connectivity index (χ2n) is 4.83. The summed E-state index contributed by atoms with van der Waals surface area (Å²) in [5, 5.41) is 23.1. The van der Waals surface area contributed by atoms with Crippen LogP contribution >= 0.6 is 11.8 Å². The van der Waals surface area contributed by atoms with Gasteiger partial charge in [-0.15, -0.1) is 0 Å². The molecule has 0 saturated carbocycles. The minimum Gasteiger partial charge on any atom is -0.507 e. The summed E-state index contributed by atoms with van der Waals surface area (Å²) in [6, 6.07) is 9.33. The molecule has 5 nitrogen and oxygen atoms in total. The predicted molar refractivity (Wildman–Crippen MR) is 87.5 cm³/mol. The first-order valence-electron chi connectivity index (χ1n) is 6.78. The highest BCUT2D eigenvalue weighted by atomic mass is 32.2. The van der Waals surface area contributed by atoms with Gasteiger partial charge in [0.25, 0.3) is 5.91 Å². The van der Waals surface area contributed by atoms with Gasteiger partial charge in [0.1, 0.15) is 11.8 Å². The molecule has 0 fully saturated rings. The summed E-state index contributed by atoms with van der Waals surface area (Å²) < 4.78 is 0. The number of phenols is 1. The number of carbonyl (C=O) groups excluding carboxylic acids is 1. The number of nitrogens with one attached hydrogen (secondary N) is 1. The number of amides is 1. The molecule has 0 saturated heterocycles. The van der Waals surface area contributed by atoms with Crippen LogP contribution in [0.4, 0.5) is 0 Å². The fraction of sp³-hybridized carbons (Fsp3) is 0.250. The lowest BCUT2D eigenvalue weighted by molar-refractivity contribution is -0.139. The molecule has 0 bridgehead atoms. The van der Waals surface area contributed by atoms with E-state index in [0.717, 1.165) is 5.39 Å². The molecule has 0 aliphatic rings. The molecule has 2 rings (SSSR count). The lowest BCUT2D eigenvalue weighted by atomic mass is 10.0. The van der Waals surface area contributed by atoms with E-state index in [1.54, 1.807) is 18.2 Å². The maximum absolute atomic E-state index is 12.4. The van der Waals surface area contributed by atoms with Gasteiger partial charge in [0, 0.05) is 0 Å². The van der Waals surface area contributed by atoms with Crippen LogP contribution in [-0.4, -0.2) is 40.1 Å². The number of carbonyl (C=O) groups is 2. The predicted octanol–water partition coefficient (Wildman–Crippen LogP) is 2.48. The van der Waals surface area contributed by atoms with Crippen LogP contribution in [0.2, 0.25) is 0 Å². The molecule has 1 atom stereocenters. The molecule has 0 aliphatic heterocycles. The smallest absolute Gasteiger partial charge is 0.326 e. The topological polar surface area (TPSA) is 86.6 Å². The molecule has 0 aromatic heterocycles. The molecule has 0 heterocycles. The van der Waals surface area contributed by atoms with Gasteiger partial charge >= 0.3 is 5.97 Å². The third-order valence-corrected chi connectivity index (χ3v) is 3.99. The van der Waals surface area contributed by atoms with Crippen LogP contribution in [-0.2, 0) is 4.79 Å². The normalized spacial score (nSPS) is 12.0. The van der Waals surface area contributed by atoms with Crippen molar-refractivity contribution in [1.29, 1.82) is 0 Å². The highest BCUT2D eigenvalue weighted by molar-refractivity contribution is 7.98. The van der Waals surface area contributed by atoms with Crippen molar-refractivity contribution in [3.05, 3.63) is 42.0 Å². The van der Waals surface area contributed by atoms with Gasteiger partial charge in [-0.1, -0.05) is 30.3 Å². The van der Waals surface area contributed by atoms with E-state index in [1.165, 1.54) is 17.8 Å². The molecular weight excluding hydrogens is 302 g/mol. The zero-order valence-electron chi connectivity index (χ0n) is 12.1. The third-order valence-electron chi connectivity index (χ3n) is 3.35. The molecule has 0 aliphatic carbocycles. The standard InChI is InChI=1S/C16H17NO4S/c1-22-9-8-12(16(20)21)17-15(19)14-11-5-3-2-4-10(11)6-7-13(14)18/h2-7,12,18H,8-9H2,1H3,(H,17,19)(H,20,21)/t12-/m0/s1. The average Bonchev–Trinajstić information content (AvgIpc) is 2.50. The number of hydrogen-bond acceptors (Lipinski definition) is 4. The van der Waals surface area contributed by atoms with E-state index in [2.05, 4.69) is 5.32 Å². The van der Waals surface area contributed by atoms with Gasteiger partial charge in [0.2, 0.25) is 0 Å². The molecule has 3 N–H and O–H groups in total. The van der Waals surface area contributed by atoms with Crippen LogP contribution in [0.3, 0.4) is 0 Å². The quantitative estimate of drug-likeness (QED) is 0.761. The number of fused-ring (bicyclic) bond motifs is 1. The van der Waals surface area contributed by atoms with E-state index in [-0.39, 0.29) is 11.3 Å². The van der Waals surface area contributed by atoms with E-state index in [9.17, 15) is 19.8 Å². The van der Waals surface area contributed by atoms with Crippen molar-refractivity contribution < 1.29 is 19.8 Å². The van der Waals surface area contributed by atoms with Crippen LogP contribution in [0.25, 0.3) is 10.8 Å². The van der Waals surface area contributed by atoms with Crippen molar-refractivity contribution in [2.45, 2.75) is 12.5 Å². The van der Waals surface area contributed by atoms with Gasteiger partial charge in [-0.2, -0.15) is 11.8 Å². The third kappa shape index (κ3) is 3.51. The Labute approximate surface area is 132 Å². The van der Waals surface area contributed by atoms with Crippen LogP contribution in [0.15, 0.2) is 36.4 Å². The Kier molecular flexibility index (Phi) is 5.27. The maximum atomic E-state index is 12.4. The molecule has 22 heavy (non-hydrogen) atoms. The van der Waals surface area contributed by atoms with E-state index < -0.39 is 17.9 Å². The van der Waals surface area contributed by atoms with Gasteiger partial charge in [-0.25, -0.2) is 4.79 Å². The maximum Gasteiger partial charge on any atom is 0.326 e. The van der Waals surface area contributed by atoms with Crippen molar-refractivity contribution in [2.75, 3.05) is 12.0 Å². The first kappa shape index (κ1) is 16.2. The number of carboxylic acid groups (broad SMARTS) is 1. The molecule has 116 valence electrons. The summed E-state index contributed by atoms with van der Waals surface area (Å²) in [5.74, 6) is -1.20. The van der Waals surface area contributed by atoms with Gasteiger partial charge in [-0.3, -0.25) is 4.79 Å². The Hall–Kier alpha value is -2.21. The fourth-order valence-corrected chi connectivity index (χ4v) is 2.69. The second-order valence-corrected chi connectivity index (χ2v) is 5.81. The zero-order valence-corrected chi connectivity index (χ0v) is 12.9. The van der Waals surface area contributed by atoms with Crippen molar-refractivity contribution in [1.82, 2.24) is 5.32 Å². The second kappa shape index (κ2) is 7.17. The van der Waals surface area contributed by atoms with Gasteiger partial charge in [-0.05, 0) is 35.3 Å². The summed E-state index contributed by atoms with van der Waals surface area (Å²) in [6.07, 6.45) is 2.20. The van der Waals surface area contributed by atoms with Gasteiger partial charge in [0.15, 0.2) is 0 Å². The Balaban J connectivity index is 2.32. The molecule has 6 heteroatoms. The van der Waals surface area contributed by atoms with Gasteiger partial charge in [0.05, 0.1) is 5.56 Å². The lowest BCUT2D eigenvalue weighted by Crippen LogP contribution is -2.41. The molecule has 0 radical (unpaired) electrons.